The Bertz CT molecular complexity index is 1160. The smallest absolute Gasteiger partial charge is 0.351 e. The normalized spacial score (nSPS) is 16.3. The molecule has 8 nitrogen and oxygen atoms in total. The van der Waals surface area contributed by atoms with Gasteiger partial charge in [-0.25, -0.2) is 9.59 Å². The zero-order chi connectivity index (χ0) is 32.3. The average molecular weight is 646 g/mol. The first-order valence-corrected chi connectivity index (χ1v) is 17.2. The molecule has 0 aliphatic carbocycles. The van der Waals surface area contributed by atoms with Crippen LogP contribution >= 0.6 is 11.6 Å². The Morgan fingerprint density at radius 2 is 1.38 bits per heavy atom. The van der Waals surface area contributed by atoms with Crippen molar-refractivity contribution in [1.82, 2.24) is 5.32 Å². The predicted molar refractivity (Wildman–Crippen MR) is 177 cm³/mol. The number of hydrogen-bond acceptors (Lipinski definition) is 8. The molecule has 0 radical (unpaired) electrons. The molecule has 2 aromatic rings. The van der Waals surface area contributed by atoms with E-state index in [1.165, 1.54) is 38.5 Å². The van der Waals surface area contributed by atoms with Crippen LogP contribution in [0.15, 0.2) is 42.5 Å². The Morgan fingerprint density at radius 1 is 0.800 bits per heavy atom. The van der Waals surface area contributed by atoms with Crippen molar-refractivity contribution in [3.8, 4) is 11.5 Å². The van der Waals surface area contributed by atoms with Crippen LogP contribution in [0.4, 0.5) is 0 Å². The molecule has 0 amide bonds. The standard InChI is InChI=1S/C36H52ClNO7/c1-3-5-7-9-11-13-22-42-35(40)33-34(36(41)43-23-14-12-10-8-6-4-2)45-32-24-27(18-19-31(32)44-33)20-21-38-26-30(39)28-16-15-17-29(37)25-28/h15-19,24-25,30,33-34,38-39H,3-14,20-23,26H2,1-2H3. The van der Waals surface area contributed by atoms with E-state index in [4.69, 9.17) is 30.5 Å². The molecular formula is C36H52ClNO7. The summed E-state index contributed by atoms with van der Waals surface area (Å²) in [6.07, 6.45) is 10.3. The van der Waals surface area contributed by atoms with Gasteiger partial charge in [0.1, 0.15) is 0 Å². The molecule has 2 aromatic carbocycles. The van der Waals surface area contributed by atoms with Gasteiger partial charge < -0.3 is 29.4 Å². The van der Waals surface area contributed by atoms with Crippen LogP contribution in [-0.4, -0.2) is 55.6 Å². The number of ether oxygens (including phenoxy) is 4. The van der Waals surface area contributed by atoms with Gasteiger partial charge in [-0.05, 0) is 61.2 Å². The summed E-state index contributed by atoms with van der Waals surface area (Å²) in [6.45, 7) is 5.88. The molecule has 9 heteroatoms. The largest absolute Gasteiger partial charge is 0.470 e. The summed E-state index contributed by atoms with van der Waals surface area (Å²) in [5.74, 6) is -0.488. The number of halogens is 1. The molecule has 1 aliphatic rings. The third kappa shape index (κ3) is 13.2. The van der Waals surface area contributed by atoms with Crippen LogP contribution in [-0.2, 0) is 25.5 Å². The quantitative estimate of drug-likeness (QED) is 0.100. The van der Waals surface area contributed by atoms with Crippen LogP contribution in [0.2, 0.25) is 5.02 Å². The summed E-state index contributed by atoms with van der Waals surface area (Å²) < 4.78 is 23.2. The summed E-state index contributed by atoms with van der Waals surface area (Å²) in [5, 5.41) is 14.3. The van der Waals surface area contributed by atoms with Gasteiger partial charge >= 0.3 is 11.9 Å². The molecule has 45 heavy (non-hydrogen) atoms. The number of carbonyl (C=O) groups excluding carboxylic acids is 2. The molecule has 0 spiro atoms. The van der Waals surface area contributed by atoms with Crippen LogP contribution in [0.5, 0.6) is 11.5 Å². The van der Waals surface area contributed by atoms with E-state index in [-0.39, 0.29) is 13.2 Å². The number of benzene rings is 2. The van der Waals surface area contributed by atoms with Crippen molar-refractivity contribution < 1.29 is 33.6 Å². The zero-order valence-corrected chi connectivity index (χ0v) is 27.8. The van der Waals surface area contributed by atoms with Gasteiger partial charge in [0.2, 0.25) is 12.2 Å². The van der Waals surface area contributed by atoms with E-state index in [0.29, 0.717) is 36.0 Å². The van der Waals surface area contributed by atoms with Crippen LogP contribution < -0.4 is 14.8 Å². The van der Waals surface area contributed by atoms with E-state index in [2.05, 4.69) is 19.2 Å². The Labute approximate surface area is 274 Å². The predicted octanol–water partition coefficient (Wildman–Crippen LogP) is 7.52. The van der Waals surface area contributed by atoms with Gasteiger partial charge in [0.25, 0.3) is 0 Å². The molecule has 3 unspecified atom stereocenters. The lowest BCUT2D eigenvalue weighted by Crippen LogP contribution is -2.51. The van der Waals surface area contributed by atoms with Crippen molar-refractivity contribution in [2.75, 3.05) is 26.3 Å². The van der Waals surface area contributed by atoms with E-state index in [0.717, 1.165) is 49.7 Å². The number of fused-ring (bicyclic) bond motifs is 1. The molecule has 3 rings (SSSR count). The highest BCUT2D eigenvalue weighted by atomic mass is 35.5. The molecule has 2 N–H and O–H groups in total. The molecule has 0 bridgehead atoms. The molecule has 1 aliphatic heterocycles. The highest BCUT2D eigenvalue weighted by Crippen LogP contribution is 2.36. The molecule has 1 heterocycles. The SMILES string of the molecule is CCCCCCCCOC(=O)C1Oc2ccc(CCNCC(O)c3cccc(Cl)c3)cc2OC1C(=O)OCCCCCCCC. The maximum atomic E-state index is 13.2. The molecule has 250 valence electrons. The number of carbonyl (C=O) groups is 2. The second kappa shape index (κ2) is 21.1. The van der Waals surface area contributed by atoms with Gasteiger partial charge in [-0.2, -0.15) is 0 Å². The summed E-state index contributed by atoms with van der Waals surface area (Å²) in [6, 6.07) is 12.6. The van der Waals surface area contributed by atoms with Gasteiger partial charge in [-0.15, -0.1) is 0 Å². The Balaban J connectivity index is 1.56. The summed E-state index contributed by atoms with van der Waals surface area (Å²) in [7, 11) is 0. The van der Waals surface area contributed by atoms with E-state index in [9.17, 15) is 14.7 Å². The maximum Gasteiger partial charge on any atom is 0.351 e. The van der Waals surface area contributed by atoms with E-state index >= 15 is 0 Å². The lowest BCUT2D eigenvalue weighted by Gasteiger charge is -2.31. The summed E-state index contributed by atoms with van der Waals surface area (Å²) in [5.41, 5.74) is 1.70. The van der Waals surface area contributed by atoms with Crippen molar-refractivity contribution in [3.63, 3.8) is 0 Å². The second-order valence-electron chi connectivity index (χ2n) is 11.8. The van der Waals surface area contributed by atoms with Crippen molar-refractivity contribution in [2.45, 2.75) is 116 Å². The first-order valence-electron chi connectivity index (χ1n) is 16.9. The topological polar surface area (TPSA) is 103 Å². The van der Waals surface area contributed by atoms with Crippen molar-refractivity contribution >= 4 is 23.5 Å². The van der Waals surface area contributed by atoms with Crippen LogP contribution in [0, 0.1) is 0 Å². The first kappa shape index (κ1) is 36.7. The fourth-order valence-electron chi connectivity index (χ4n) is 5.22. The lowest BCUT2D eigenvalue weighted by molar-refractivity contribution is -0.171. The van der Waals surface area contributed by atoms with E-state index < -0.39 is 30.3 Å². The summed E-state index contributed by atoms with van der Waals surface area (Å²) in [4.78, 5) is 26.2. The van der Waals surface area contributed by atoms with E-state index in [1.54, 1.807) is 18.2 Å². The monoisotopic (exact) mass is 645 g/mol. The molecule has 0 fully saturated rings. The number of hydrogen-bond donors (Lipinski definition) is 2. The van der Waals surface area contributed by atoms with Crippen LogP contribution in [0.1, 0.15) is 108 Å². The second-order valence-corrected chi connectivity index (χ2v) is 12.2. The summed E-state index contributed by atoms with van der Waals surface area (Å²) >= 11 is 6.04. The maximum absolute atomic E-state index is 13.2. The average Bonchev–Trinajstić information content (AvgIpc) is 3.04. The van der Waals surface area contributed by atoms with Gasteiger partial charge in [-0.1, -0.05) is 108 Å². The van der Waals surface area contributed by atoms with Crippen LogP contribution in [0.3, 0.4) is 0 Å². The zero-order valence-electron chi connectivity index (χ0n) is 27.1. The minimum atomic E-state index is -1.25. The minimum absolute atomic E-state index is 0.268. The Kier molecular flexibility index (Phi) is 17.2. The number of aliphatic hydroxyl groups excluding tert-OH is 1. The van der Waals surface area contributed by atoms with Gasteiger partial charge in [0.05, 0.1) is 19.3 Å². The van der Waals surface area contributed by atoms with Crippen molar-refractivity contribution in [3.05, 3.63) is 58.6 Å². The fourth-order valence-corrected chi connectivity index (χ4v) is 5.41. The molecule has 0 saturated heterocycles. The number of rotatable bonds is 22. The fraction of sp³-hybridized carbons (Fsp3) is 0.611. The first-order chi connectivity index (χ1) is 21.9. The van der Waals surface area contributed by atoms with Gasteiger partial charge in [0.15, 0.2) is 11.5 Å². The Hall–Kier alpha value is -2.81. The molecule has 3 atom stereocenters. The highest BCUT2D eigenvalue weighted by molar-refractivity contribution is 6.30. The molecular weight excluding hydrogens is 594 g/mol. The third-order valence-corrected chi connectivity index (χ3v) is 8.14. The highest BCUT2D eigenvalue weighted by Gasteiger charge is 2.44. The lowest BCUT2D eigenvalue weighted by atomic mass is 10.1. The molecule has 0 aromatic heterocycles. The number of esters is 2. The third-order valence-electron chi connectivity index (χ3n) is 7.90. The van der Waals surface area contributed by atoms with Gasteiger partial charge in [0, 0.05) is 11.6 Å². The van der Waals surface area contributed by atoms with Gasteiger partial charge in [-0.3, -0.25) is 0 Å². The Morgan fingerprint density at radius 3 is 1.98 bits per heavy atom. The van der Waals surface area contributed by atoms with Crippen molar-refractivity contribution in [2.24, 2.45) is 0 Å². The number of aliphatic hydroxyl groups is 1. The molecule has 0 saturated carbocycles. The number of unbranched alkanes of at least 4 members (excludes halogenated alkanes) is 10. The minimum Gasteiger partial charge on any atom is -0.470 e. The van der Waals surface area contributed by atoms with Crippen molar-refractivity contribution in [1.29, 1.82) is 0 Å². The number of nitrogens with one attached hydrogen (secondary N) is 1. The van der Waals surface area contributed by atoms with Crippen LogP contribution in [0.25, 0.3) is 0 Å². The van der Waals surface area contributed by atoms with E-state index in [1.807, 2.05) is 24.3 Å².